The fraction of sp³-hybridized carbons (Fsp3) is 0.625. The average Bonchev–Trinajstić information content (AvgIpc) is 2.95. The SMILES string of the molecule is CCN(CC(NC)C1CCOC1)c1ccc(C)cc1. The van der Waals surface area contributed by atoms with Crippen molar-refractivity contribution in [1.82, 2.24) is 5.32 Å². The summed E-state index contributed by atoms with van der Waals surface area (Å²) in [6.07, 6.45) is 1.18. The number of hydrogen-bond acceptors (Lipinski definition) is 3. The normalized spacial score (nSPS) is 20.5. The lowest BCUT2D eigenvalue weighted by molar-refractivity contribution is 0.178. The molecule has 0 saturated carbocycles. The third kappa shape index (κ3) is 3.71. The van der Waals surface area contributed by atoms with Gasteiger partial charge in [-0.25, -0.2) is 0 Å². The summed E-state index contributed by atoms with van der Waals surface area (Å²) in [6.45, 7) is 8.25. The first-order valence-electron chi connectivity index (χ1n) is 7.31. The lowest BCUT2D eigenvalue weighted by Gasteiger charge is -2.31. The van der Waals surface area contributed by atoms with E-state index in [0.717, 1.165) is 26.3 Å². The number of nitrogens with one attached hydrogen (secondary N) is 1. The van der Waals surface area contributed by atoms with E-state index in [4.69, 9.17) is 4.74 Å². The molecule has 0 amide bonds. The molecule has 1 N–H and O–H groups in total. The van der Waals surface area contributed by atoms with Crippen LogP contribution in [0.5, 0.6) is 0 Å². The number of rotatable bonds is 6. The third-order valence-corrected chi connectivity index (χ3v) is 4.10. The number of anilines is 1. The van der Waals surface area contributed by atoms with Crippen molar-refractivity contribution < 1.29 is 4.74 Å². The van der Waals surface area contributed by atoms with Crippen LogP contribution in [0.15, 0.2) is 24.3 Å². The molecule has 1 heterocycles. The monoisotopic (exact) mass is 262 g/mol. The predicted octanol–water partition coefficient (Wildman–Crippen LogP) is 2.45. The van der Waals surface area contributed by atoms with E-state index in [0.29, 0.717) is 12.0 Å². The molecule has 0 bridgehead atoms. The van der Waals surface area contributed by atoms with E-state index in [1.807, 2.05) is 0 Å². The lowest BCUT2D eigenvalue weighted by atomic mass is 9.98. The topological polar surface area (TPSA) is 24.5 Å². The summed E-state index contributed by atoms with van der Waals surface area (Å²) in [6, 6.07) is 9.31. The fourth-order valence-electron chi connectivity index (χ4n) is 2.76. The van der Waals surface area contributed by atoms with E-state index in [-0.39, 0.29) is 0 Å². The standard InChI is InChI=1S/C16H26N2O/c1-4-18(15-7-5-13(2)6-8-15)11-16(17-3)14-9-10-19-12-14/h5-8,14,16-17H,4,9-12H2,1-3H3. The molecule has 1 saturated heterocycles. The van der Waals surface area contributed by atoms with Gasteiger partial charge < -0.3 is 15.0 Å². The van der Waals surface area contributed by atoms with Crippen molar-refractivity contribution in [3.63, 3.8) is 0 Å². The van der Waals surface area contributed by atoms with Crippen LogP contribution in [0.2, 0.25) is 0 Å². The van der Waals surface area contributed by atoms with Gasteiger partial charge in [-0.15, -0.1) is 0 Å². The maximum absolute atomic E-state index is 5.52. The summed E-state index contributed by atoms with van der Waals surface area (Å²) < 4.78 is 5.52. The average molecular weight is 262 g/mol. The molecule has 3 nitrogen and oxygen atoms in total. The molecule has 0 aromatic heterocycles. The maximum atomic E-state index is 5.52. The molecule has 2 atom stereocenters. The molecule has 1 aromatic carbocycles. The summed E-state index contributed by atoms with van der Waals surface area (Å²) in [5.74, 6) is 0.643. The molecular formula is C16H26N2O. The van der Waals surface area contributed by atoms with Gasteiger partial charge in [0.25, 0.3) is 0 Å². The van der Waals surface area contributed by atoms with E-state index in [2.05, 4.69) is 55.4 Å². The number of benzene rings is 1. The van der Waals surface area contributed by atoms with Crippen LogP contribution in [0.1, 0.15) is 18.9 Å². The highest BCUT2D eigenvalue weighted by Gasteiger charge is 2.26. The van der Waals surface area contributed by atoms with Crippen molar-refractivity contribution in [1.29, 1.82) is 0 Å². The van der Waals surface area contributed by atoms with Crippen molar-refractivity contribution >= 4 is 5.69 Å². The minimum Gasteiger partial charge on any atom is -0.381 e. The number of nitrogens with zero attached hydrogens (tertiary/aromatic N) is 1. The highest BCUT2D eigenvalue weighted by molar-refractivity contribution is 5.47. The van der Waals surface area contributed by atoms with E-state index in [1.54, 1.807) is 0 Å². The Morgan fingerprint density at radius 2 is 2.11 bits per heavy atom. The zero-order chi connectivity index (χ0) is 13.7. The Labute approximate surface area is 116 Å². The second kappa shape index (κ2) is 6.92. The van der Waals surface area contributed by atoms with Gasteiger partial charge in [-0.2, -0.15) is 0 Å². The first kappa shape index (κ1) is 14.4. The van der Waals surface area contributed by atoms with Gasteiger partial charge in [-0.1, -0.05) is 17.7 Å². The van der Waals surface area contributed by atoms with Gasteiger partial charge in [0.2, 0.25) is 0 Å². The minimum absolute atomic E-state index is 0.503. The molecular weight excluding hydrogens is 236 g/mol. The highest BCUT2D eigenvalue weighted by Crippen LogP contribution is 2.20. The maximum Gasteiger partial charge on any atom is 0.0510 e. The van der Waals surface area contributed by atoms with Crippen molar-refractivity contribution in [2.75, 3.05) is 38.3 Å². The van der Waals surface area contributed by atoms with Crippen LogP contribution in [-0.4, -0.2) is 39.4 Å². The van der Waals surface area contributed by atoms with Crippen LogP contribution in [-0.2, 0) is 4.74 Å². The molecule has 0 aliphatic carbocycles. The molecule has 3 heteroatoms. The smallest absolute Gasteiger partial charge is 0.0510 e. The number of aryl methyl sites for hydroxylation is 1. The number of hydrogen-bond donors (Lipinski definition) is 1. The van der Waals surface area contributed by atoms with Crippen molar-refractivity contribution in [3.8, 4) is 0 Å². The van der Waals surface area contributed by atoms with E-state index in [1.165, 1.54) is 17.7 Å². The first-order chi connectivity index (χ1) is 9.24. The number of likely N-dealkylation sites (N-methyl/N-ethyl adjacent to an activating group) is 2. The second-order valence-electron chi connectivity index (χ2n) is 5.39. The van der Waals surface area contributed by atoms with Gasteiger partial charge in [0.05, 0.1) is 6.61 Å². The summed E-state index contributed by atoms with van der Waals surface area (Å²) in [4.78, 5) is 2.44. The zero-order valence-corrected chi connectivity index (χ0v) is 12.4. The van der Waals surface area contributed by atoms with Gasteiger partial charge >= 0.3 is 0 Å². The van der Waals surface area contributed by atoms with Crippen molar-refractivity contribution in [2.24, 2.45) is 5.92 Å². The Bertz CT molecular complexity index is 371. The Kier molecular flexibility index (Phi) is 5.23. The summed E-state index contributed by atoms with van der Waals surface area (Å²) in [5.41, 5.74) is 2.63. The van der Waals surface area contributed by atoms with Crippen LogP contribution in [0.3, 0.4) is 0 Å². The molecule has 1 aliphatic rings. The molecule has 1 aliphatic heterocycles. The molecule has 1 aromatic rings. The third-order valence-electron chi connectivity index (χ3n) is 4.10. The van der Waals surface area contributed by atoms with E-state index < -0.39 is 0 Å². The summed E-state index contributed by atoms with van der Waals surface area (Å²) >= 11 is 0. The summed E-state index contributed by atoms with van der Waals surface area (Å²) in [5, 5.41) is 3.47. The summed E-state index contributed by atoms with van der Waals surface area (Å²) in [7, 11) is 2.06. The highest BCUT2D eigenvalue weighted by atomic mass is 16.5. The lowest BCUT2D eigenvalue weighted by Crippen LogP contribution is -2.44. The van der Waals surface area contributed by atoms with Gasteiger partial charge in [0.15, 0.2) is 0 Å². The largest absolute Gasteiger partial charge is 0.381 e. The molecule has 106 valence electrons. The van der Waals surface area contributed by atoms with Crippen LogP contribution in [0, 0.1) is 12.8 Å². The molecule has 2 unspecified atom stereocenters. The molecule has 0 spiro atoms. The van der Waals surface area contributed by atoms with Crippen LogP contribution in [0.25, 0.3) is 0 Å². The van der Waals surface area contributed by atoms with Gasteiger partial charge in [-0.3, -0.25) is 0 Å². The Morgan fingerprint density at radius 3 is 2.63 bits per heavy atom. The molecule has 0 radical (unpaired) electrons. The quantitative estimate of drug-likeness (QED) is 0.852. The van der Waals surface area contributed by atoms with Crippen molar-refractivity contribution in [2.45, 2.75) is 26.3 Å². The van der Waals surface area contributed by atoms with Crippen LogP contribution < -0.4 is 10.2 Å². The Morgan fingerprint density at radius 1 is 1.37 bits per heavy atom. The second-order valence-corrected chi connectivity index (χ2v) is 5.39. The fourth-order valence-corrected chi connectivity index (χ4v) is 2.76. The molecule has 1 fully saturated rings. The van der Waals surface area contributed by atoms with Gasteiger partial charge in [0, 0.05) is 37.3 Å². The van der Waals surface area contributed by atoms with Crippen molar-refractivity contribution in [3.05, 3.63) is 29.8 Å². The van der Waals surface area contributed by atoms with E-state index >= 15 is 0 Å². The Balaban J connectivity index is 2.02. The predicted molar refractivity (Wildman–Crippen MR) is 80.8 cm³/mol. The molecule has 19 heavy (non-hydrogen) atoms. The van der Waals surface area contributed by atoms with Crippen LogP contribution in [0.4, 0.5) is 5.69 Å². The minimum atomic E-state index is 0.503. The zero-order valence-electron chi connectivity index (χ0n) is 12.4. The van der Waals surface area contributed by atoms with E-state index in [9.17, 15) is 0 Å². The van der Waals surface area contributed by atoms with Crippen LogP contribution >= 0.6 is 0 Å². The van der Waals surface area contributed by atoms with Gasteiger partial charge in [-0.05, 0) is 39.4 Å². The Hall–Kier alpha value is -1.06. The first-order valence-corrected chi connectivity index (χ1v) is 7.31. The number of ether oxygens (including phenoxy) is 1. The molecule has 2 rings (SSSR count). The van der Waals surface area contributed by atoms with Gasteiger partial charge in [0.1, 0.15) is 0 Å².